The van der Waals surface area contributed by atoms with Gasteiger partial charge in [0.05, 0.1) is 0 Å². The Balaban J connectivity index is 1.97. The highest BCUT2D eigenvalue weighted by molar-refractivity contribution is 5.31. The molecule has 1 aromatic heterocycles. The lowest BCUT2D eigenvalue weighted by Crippen LogP contribution is -2.22. The number of hydrogen-bond acceptors (Lipinski definition) is 5. The Morgan fingerprint density at radius 1 is 1.44 bits per heavy atom. The highest BCUT2D eigenvalue weighted by atomic mass is 16.3. The molecular formula is C11H18N4O. The highest BCUT2D eigenvalue weighted by Crippen LogP contribution is 2.22. The van der Waals surface area contributed by atoms with Crippen LogP contribution in [0.2, 0.25) is 0 Å². The maximum absolute atomic E-state index is 8.89. The molecule has 0 aromatic carbocycles. The fourth-order valence-electron chi connectivity index (χ4n) is 2.05. The number of aromatic nitrogens is 2. The third-order valence-electron chi connectivity index (χ3n) is 3.03. The van der Waals surface area contributed by atoms with Crippen molar-refractivity contribution < 1.29 is 5.11 Å². The zero-order valence-corrected chi connectivity index (χ0v) is 9.34. The van der Waals surface area contributed by atoms with E-state index < -0.39 is 0 Å². The van der Waals surface area contributed by atoms with Gasteiger partial charge in [0.2, 0.25) is 5.95 Å². The number of aliphatic hydroxyl groups excluding tert-OH is 1. The van der Waals surface area contributed by atoms with Crippen molar-refractivity contribution in [2.24, 2.45) is 11.7 Å². The van der Waals surface area contributed by atoms with Crippen LogP contribution >= 0.6 is 0 Å². The Kier molecular flexibility index (Phi) is 3.69. The SMILES string of the molecule is NCc1cnc(N2CCC(CCO)C2)nc1. The van der Waals surface area contributed by atoms with E-state index in [1.807, 2.05) is 0 Å². The molecule has 3 N–H and O–H groups in total. The molecule has 1 aliphatic rings. The third-order valence-corrected chi connectivity index (χ3v) is 3.03. The summed E-state index contributed by atoms with van der Waals surface area (Å²) < 4.78 is 0. The molecule has 5 heteroatoms. The van der Waals surface area contributed by atoms with Crippen LogP contribution in [-0.2, 0) is 6.54 Å². The summed E-state index contributed by atoms with van der Waals surface area (Å²) >= 11 is 0. The molecule has 0 spiro atoms. The van der Waals surface area contributed by atoms with E-state index in [0.29, 0.717) is 12.5 Å². The Bertz CT molecular complexity index is 327. The van der Waals surface area contributed by atoms with Crippen LogP contribution in [0, 0.1) is 5.92 Å². The minimum absolute atomic E-state index is 0.269. The van der Waals surface area contributed by atoms with Gasteiger partial charge in [-0.15, -0.1) is 0 Å². The zero-order valence-electron chi connectivity index (χ0n) is 9.34. The summed E-state index contributed by atoms with van der Waals surface area (Å²) in [4.78, 5) is 10.8. The van der Waals surface area contributed by atoms with E-state index in [1.54, 1.807) is 12.4 Å². The van der Waals surface area contributed by atoms with E-state index in [1.165, 1.54) is 0 Å². The van der Waals surface area contributed by atoms with Crippen molar-refractivity contribution in [2.75, 3.05) is 24.6 Å². The van der Waals surface area contributed by atoms with Crippen LogP contribution in [0.3, 0.4) is 0 Å². The van der Waals surface area contributed by atoms with Gasteiger partial charge in [0, 0.05) is 44.2 Å². The average molecular weight is 222 g/mol. The number of hydrogen-bond donors (Lipinski definition) is 2. The van der Waals surface area contributed by atoms with Gasteiger partial charge < -0.3 is 15.7 Å². The highest BCUT2D eigenvalue weighted by Gasteiger charge is 2.23. The Hall–Kier alpha value is -1.20. The maximum Gasteiger partial charge on any atom is 0.225 e. The van der Waals surface area contributed by atoms with E-state index in [0.717, 1.165) is 37.4 Å². The Morgan fingerprint density at radius 2 is 2.19 bits per heavy atom. The molecule has 0 amide bonds. The quantitative estimate of drug-likeness (QED) is 0.758. The molecule has 0 radical (unpaired) electrons. The van der Waals surface area contributed by atoms with Gasteiger partial charge in [-0.05, 0) is 18.8 Å². The van der Waals surface area contributed by atoms with Crippen LogP contribution in [0.25, 0.3) is 0 Å². The van der Waals surface area contributed by atoms with Gasteiger partial charge in [-0.2, -0.15) is 0 Å². The lowest BCUT2D eigenvalue weighted by Gasteiger charge is -2.15. The summed E-state index contributed by atoms with van der Waals surface area (Å²) in [7, 11) is 0. The lowest BCUT2D eigenvalue weighted by atomic mass is 10.1. The van der Waals surface area contributed by atoms with Gasteiger partial charge in [-0.1, -0.05) is 0 Å². The summed E-state index contributed by atoms with van der Waals surface area (Å²) in [6, 6.07) is 0. The standard InChI is InChI=1S/C11H18N4O/c12-5-10-6-13-11(14-7-10)15-3-1-9(8-15)2-4-16/h6-7,9,16H,1-5,8,12H2. The number of anilines is 1. The van der Waals surface area contributed by atoms with Gasteiger partial charge in [0.25, 0.3) is 0 Å². The summed E-state index contributed by atoms with van der Waals surface area (Å²) in [5.41, 5.74) is 6.45. The topological polar surface area (TPSA) is 75.3 Å². The maximum atomic E-state index is 8.89. The molecule has 0 aliphatic carbocycles. The molecule has 1 saturated heterocycles. The summed E-state index contributed by atoms with van der Waals surface area (Å²) in [5, 5.41) is 8.89. The Labute approximate surface area is 95.3 Å². The molecule has 0 saturated carbocycles. The van der Waals surface area contributed by atoms with Crippen LogP contribution in [0.4, 0.5) is 5.95 Å². The van der Waals surface area contributed by atoms with Crippen molar-refractivity contribution in [3.63, 3.8) is 0 Å². The van der Waals surface area contributed by atoms with E-state index in [-0.39, 0.29) is 6.61 Å². The first-order valence-electron chi connectivity index (χ1n) is 5.70. The molecule has 1 unspecified atom stereocenters. The van der Waals surface area contributed by atoms with Crippen molar-refractivity contribution in [2.45, 2.75) is 19.4 Å². The minimum atomic E-state index is 0.269. The van der Waals surface area contributed by atoms with Gasteiger partial charge in [0.1, 0.15) is 0 Å². The van der Waals surface area contributed by atoms with Gasteiger partial charge in [-0.25, -0.2) is 9.97 Å². The van der Waals surface area contributed by atoms with E-state index >= 15 is 0 Å². The molecule has 2 heterocycles. The molecule has 1 fully saturated rings. The molecule has 1 aliphatic heterocycles. The van der Waals surface area contributed by atoms with Crippen molar-refractivity contribution in [1.82, 2.24) is 9.97 Å². The summed E-state index contributed by atoms with van der Waals surface area (Å²) in [6.07, 6.45) is 5.54. The summed E-state index contributed by atoms with van der Waals surface area (Å²) in [5.74, 6) is 1.35. The predicted octanol–water partition coefficient (Wildman–Crippen LogP) is 0.144. The first-order chi connectivity index (χ1) is 7.83. The van der Waals surface area contributed by atoms with Crippen molar-refractivity contribution in [3.8, 4) is 0 Å². The molecule has 2 rings (SSSR count). The van der Waals surface area contributed by atoms with E-state index in [4.69, 9.17) is 10.8 Å². The van der Waals surface area contributed by atoms with Gasteiger partial charge >= 0.3 is 0 Å². The zero-order chi connectivity index (χ0) is 11.4. The first kappa shape index (κ1) is 11.3. The van der Waals surface area contributed by atoms with E-state index in [9.17, 15) is 0 Å². The first-order valence-corrected chi connectivity index (χ1v) is 5.70. The molecule has 1 atom stereocenters. The van der Waals surface area contributed by atoms with Crippen molar-refractivity contribution in [1.29, 1.82) is 0 Å². The van der Waals surface area contributed by atoms with Gasteiger partial charge in [-0.3, -0.25) is 0 Å². The molecule has 16 heavy (non-hydrogen) atoms. The Morgan fingerprint density at radius 3 is 2.81 bits per heavy atom. The molecular weight excluding hydrogens is 204 g/mol. The van der Waals surface area contributed by atoms with Crippen LogP contribution in [-0.4, -0.2) is 34.8 Å². The van der Waals surface area contributed by atoms with Crippen LogP contribution < -0.4 is 10.6 Å². The second kappa shape index (κ2) is 5.23. The number of nitrogens with two attached hydrogens (primary N) is 1. The fraction of sp³-hybridized carbons (Fsp3) is 0.636. The molecule has 0 bridgehead atoms. The minimum Gasteiger partial charge on any atom is -0.396 e. The second-order valence-electron chi connectivity index (χ2n) is 4.21. The van der Waals surface area contributed by atoms with Crippen LogP contribution in [0.5, 0.6) is 0 Å². The second-order valence-corrected chi connectivity index (χ2v) is 4.21. The van der Waals surface area contributed by atoms with Crippen molar-refractivity contribution in [3.05, 3.63) is 18.0 Å². The number of rotatable bonds is 4. The number of aliphatic hydroxyl groups is 1. The molecule has 5 nitrogen and oxygen atoms in total. The van der Waals surface area contributed by atoms with Crippen molar-refractivity contribution >= 4 is 5.95 Å². The summed E-state index contributed by atoms with van der Waals surface area (Å²) in [6.45, 7) is 2.67. The molecule has 1 aromatic rings. The van der Waals surface area contributed by atoms with Gasteiger partial charge in [0.15, 0.2) is 0 Å². The monoisotopic (exact) mass is 222 g/mol. The largest absolute Gasteiger partial charge is 0.396 e. The van der Waals surface area contributed by atoms with Crippen LogP contribution in [0.1, 0.15) is 18.4 Å². The molecule has 88 valence electrons. The fourth-order valence-corrected chi connectivity index (χ4v) is 2.05. The normalized spacial score (nSPS) is 20.4. The van der Waals surface area contributed by atoms with Crippen LogP contribution in [0.15, 0.2) is 12.4 Å². The smallest absolute Gasteiger partial charge is 0.225 e. The third kappa shape index (κ3) is 2.48. The average Bonchev–Trinajstić information content (AvgIpc) is 2.78. The predicted molar refractivity (Wildman–Crippen MR) is 61.9 cm³/mol. The number of nitrogens with zero attached hydrogens (tertiary/aromatic N) is 3. The van der Waals surface area contributed by atoms with E-state index in [2.05, 4.69) is 14.9 Å². The lowest BCUT2D eigenvalue weighted by molar-refractivity contribution is 0.263.